The number of piperidine rings is 1. The lowest BCUT2D eigenvalue weighted by Crippen LogP contribution is -2.46. The van der Waals surface area contributed by atoms with Crippen molar-refractivity contribution in [3.63, 3.8) is 0 Å². The molecule has 0 bridgehead atoms. The normalized spacial score (nSPS) is 32.6. The molecule has 2 atom stereocenters. The third-order valence-corrected chi connectivity index (χ3v) is 6.34. The van der Waals surface area contributed by atoms with Crippen LogP contribution in [0.3, 0.4) is 0 Å². The molecule has 2 aliphatic rings. The zero-order valence-electron chi connectivity index (χ0n) is 10.6. The number of thioether (sulfide) groups is 1. The van der Waals surface area contributed by atoms with Crippen molar-refractivity contribution in [3.8, 4) is 0 Å². The van der Waals surface area contributed by atoms with Gasteiger partial charge in [-0.15, -0.1) is 0 Å². The number of nitrogens with one attached hydrogen (secondary N) is 1. The Morgan fingerprint density at radius 1 is 1.33 bits per heavy atom. The summed E-state index contributed by atoms with van der Waals surface area (Å²) in [6.45, 7) is 2.35. The molecule has 0 aliphatic carbocycles. The fourth-order valence-corrected chi connectivity index (χ4v) is 5.32. The molecular formula is C15H20BrNS. The molecule has 2 saturated heterocycles. The van der Waals surface area contributed by atoms with E-state index in [1.807, 2.05) is 0 Å². The first-order chi connectivity index (χ1) is 8.80. The molecule has 1 aromatic rings. The molecular weight excluding hydrogens is 306 g/mol. The molecule has 98 valence electrons. The first-order valence-electron chi connectivity index (χ1n) is 6.84. The predicted octanol–water partition coefficient (Wildman–Crippen LogP) is 4.04. The summed E-state index contributed by atoms with van der Waals surface area (Å²) in [5.74, 6) is 3.41. The average molecular weight is 326 g/mol. The van der Waals surface area contributed by atoms with Crippen LogP contribution in [-0.4, -0.2) is 24.6 Å². The Bertz CT molecular complexity index is 406. The van der Waals surface area contributed by atoms with E-state index in [1.165, 1.54) is 47.3 Å². The van der Waals surface area contributed by atoms with Gasteiger partial charge >= 0.3 is 0 Å². The van der Waals surface area contributed by atoms with Crippen molar-refractivity contribution in [1.29, 1.82) is 0 Å². The summed E-state index contributed by atoms with van der Waals surface area (Å²) in [4.78, 5) is 0. The summed E-state index contributed by atoms with van der Waals surface area (Å²) >= 11 is 5.78. The van der Waals surface area contributed by atoms with Crippen LogP contribution in [0.2, 0.25) is 0 Å². The highest BCUT2D eigenvalue weighted by Gasteiger charge is 2.42. The van der Waals surface area contributed by atoms with Crippen LogP contribution in [-0.2, 0) is 0 Å². The highest BCUT2D eigenvalue weighted by atomic mass is 79.9. The molecule has 1 N–H and O–H groups in total. The van der Waals surface area contributed by atoms with E-state index in [0.29, 0.717) is 11.3 Å². The summed E-state index contributed by atoms with van der Waals surface area (Å²) in [6.07, 6.45) is 4.16. The van der Waals surface area contributed by atoms with Gasteiger partial charge in [0, 0.05) is 16.9 Å². The van der Waals surface area contributed by atoms with E-state index < -0.39 is 0 Å². The van der Waals surface area contributed by atoms with E-state index in [1.54, 1.807) is 0 Å². The van der Waals surface area contributed by atoms with E-state index in [9.17, 15) is 0 Å². The highest BCUT2D eigenvalue weighted by molar-refractivity contribution is 9.10. The van der Waals surface area contributed by atoms with Gasteiger partial charge in [-0.05, 0) is 60.4 Å². The van der Waals surface area contributed by atoms with Crippen LogP contribution >= 0.6 is 27.7 Å². The summed E-state index contributed by atoms with van der Waals surface area (Å²) in [7, 11) is 0. The van der Waals surface area contributed by atoms with Gasteiger partial charge in [0.15, 0.2) is 0 Å². The molecule has 3 rings (SSSR count). The first kappa shape index (κ1) is 13.0. The third kappa shape index (κ3) is 2.50. The van der Waals surface area contributed by atoms with E-state index in [4.69, 9.17) is 0 Å². The minimum Gasteiger partial charge on any atom is -0.316 e. The van der Waals surface area contributed by atoms with Crippen molar-refractivity contribution in [2.75, 3.05) is 24.6 Å². The van der Waals surface area contributed by atoms with Gasteiger partial charge in [0.05, 0.1) is 0 Å². The summed E-state index contributed by atoms with van der Waals surface area (Å²) in [5.41, 5.74) is 2.06. The lowest BCUT2D eigenvalue weighted by molar-refractivity contribution is 0.173. The standard InChI is InChI=1S/C15H20BrNS/c16-13-4-1-3-12(9-13)14-10-17-7-6-15(14)5-2-8-18-11-15/h1,3-4,9,14,17H,2,5-8,10-11H2. The molecule has 0 aromatic heterocycles. The molecule has 0 radical (unpaired) electrons. The fraction of sp³-hybridized carbons (Fsp3) is 0.600. The van der Waals surface area contributed by atoms with Crippen LogP contribution in [0, 0.1) is 5.41 Å². The van der Waals surface area contributed by atoms with Gasteiger partial charge in [-0.1, -0.05) is 28.1 Å². The molecule has 0 amide bonds. The molecule has 1 aromatic carbocycles. The van der Waals surface area contributed by atoms with Crippen molar-refractivity contribution in [2.45, 2.75) is 25.2 Å². The minimum absolute atomic E-state index is 0.551. The van der Waals surface area contributed by atoms with Crippen molar-refractivity contribution in [1.82, 2.24) is 5.32 Å². The second kappa shape index (κ2) is 5.56. The average Bonchev–Trinajstić information content (AvgIpc) is 2.40. The summed E-state index contributed by atoms with van der Waals surface area (Å²) in [6, 6.07) is 8.93. The van der Waals surface area contributed by atoms with Crippen LogP contribution in [0.25, 0.3) is 0 Å². The molecule has 2 heterocycles. The Kier molecular flexibility index (Phi) is 4.02. The van der Waals surface area contributed by atoms with Crippen LogP contribution in [0.4, 0.5) is 0 Å². The lowest BCUT2D eigenvalue weighted by Gasteiger charge is -2.47. The Hall–Kier alpha value is 0.01000. The zero-order chi connectivity index (χ0) is 12.4. The molecule has 18 heavy (non-hydrogen) atoms. The van der Waals surface area contributed by atoms with Gasteiger partial charge in [0.25, 0.3) is 0 Å². The van der Waals surface area contributed by atoms with Crippen LogP contribution in [0.1, 0.15) is 30.7 Å². The van der Waals surface area contributed by atoms with Gasteiger partial charge < -0.3 is 5.32 Å². The van der Waals surface area contributed by atoms with Crippen LogP contribution < -0.4 is 5.32 Å². The number of hydrogen-bond acceptors (Lipinski definition) is 2. The highest BCUT2D eigenvalue weighted by Crippen LogP contribution is 2.49. The second-order valence-electron chi connectivity index (χ2n) is 5.58. The Balaban J connectivity index is 1.91. The molecule has 0 saturated carbocycles. The second-order valence-corrected chi connectivity index (χ2v) is 7.60. The summed E-state index contributed by atoms with van der Waals surface area (Å²) in [5, 5.41) is 3.60. The molecule has 2 aliphatic heterocycles. The summed E-state index contributed by atoms with van der Waals surface area (Å²) < 4.78 is 1.21. The molecule has 3 heteroatoms. The maximum absolute atomic E-state index is 3.62. The van der Waals surface area contributed by atoms with Crippen molar-refractivity contribution in [3.05, 3.63) is 34.3 Å². The van der Waals surface area contributed by atoms with E-state index in [-0.39, 0.29) is 0 Å². The monoisotopic (exact) mass is 325 g/mol. The van der Waals surface area contributed by atoms with Crippen molar-refractivity contribution < 1.29 is 0 Å². The van der Waals surface area contributed by atoms with Crippen LogP contribution in [0.15, 0.2) is 28.7 Å². The van der Waals surface area contributed by atoms with E-state index >= 15 is 0 Å². The van der Waals surface area contributed by atoms with Gasteiger partial charge in [0.2, 0.25) is 0 Å². The SMILES string of the molecule is Brc1cccc(C2CNCCC23CCCSC3)c1. The number of benzene rings is 1. The van der Waals surface area contributed by atoms with Gasteiger partial charge in [-0.2, -0.15) is 11.8 Å². The third-order valence-electron chi connectivity index (χ3n) is 4.49. The number of halogens is 1. The zero-order valence-corrected chi connectivity index (χ0v) is 13.0. The molecule has 2 unspecified atom stereocenters. The Morgan fingerprint density at radius 3 is 3.06 bits per heavy atom. The maximum atomic E-state index is 3.62. The topological polar surface area (TPSA) is 12.0 Å². The van der Waals surface area contributed by atoms with Crippen molar-refractivity contribution in [2.24, 2.45) is 5.41 Å². The van der Waals surface area contributed by atoms with Gasteiger partial charge in [0.1, 0.15) is 0 Å². The van der Waals surface area contributed by atoms with Gasteiger partial charge in [-0.3, -0.25) is 0 Å². The number of hydrogen-bond donors (Lipinski definition) is 1. The van der Waals surface area contributed by atoms with Crippen molar-refractivity contribution >= 4 is 27.7 Å². The lowest BCUT2D eigenvalue weighted by atomic mass is 9.66. The molecule has 1 spiro atoms. The maximum Gasteiger partial charge on any atom is 0.0178 e. The molecule has 1 nitrogen and oxygen atoms in total. The Labute approximate surface area is 122 Å². The first-order valence-corrected chi connectivity index (χ1v) is 8.79. The largest absolute Gasteiger partial charge is 0.316 e. The fourth-order valence-electron chi connectivity index (χ4n) is 3.52. The minimum atomic E-state index is 0.551. The number of rotatable bonds is 1. The Morgan fingerprint density at radius 2 is 2.28 bits per heavy atom. The molecule has 2 fully saturated rings. The van der Waals surface area contributed by atoms with E-state index in [0.717, 1.165) is 6.54 Å². The van der Waals surface area contributed by atoms with E-state index in [2.05, 4.69) is 57.3 Å². The predicted molar refractivity (Wildman–Crippen MR) is 83.4 cm³/mol. The van der Waals surface area contributed by atoms with Gasteiger partial charge in [-0.25, -0.2) is 0 Å². The smallest absolute Gasteiger partial charge is 0.0178 e. The van der Waals surface area contributed by atoms with Crippen LogP contribution in [0.5, 0.6) is 0 Å². The quantitative estimate of drug-likeness (QED) is 0.836.